The van der Waals surface area contributed by atoms with Gasteiger partial charge in [-0.3, -0.25) is 0 Å². The van der Waals surface area contributed by atoms with Gasteiger partial charge in [0.25, 0.3) is 0 Å². The highest BCUT2D eigenvalue weighted by molar-refractivity contribution is 5.45. The molecule has 1 saturated heterocycles. The van der Waals surface area contributed by atoms with Gasteiger partial charge in [0.15, 0.2) is 11.5 Å². The summed E-state index contributed by atoms with van der Waals surface area (Å²) in [7, 11) is 4.36. The van der Waals surface area contributed by atoms with Gasteiger partial charge in [-0.25, -0.2) is 0 Å². The number of ether oxygens (including phenoxy) is 2. The third-order valence-corrected chi connectivity index (χ3v) is 4.53. The van der Waals surface area contributed by atoms with Crippen LogP contribution in [0.1, 0.15) is 24.4 Å². The molecule has 1 aromatic rings. The van der Waals surface area contributed by atoms with Crippen molar-refractivity contribution in [2.24, 2.45) is 5.73 Å². The van der Waals surface area contributed by atoms with Crippen molar-refractivity contribution in [1.82, 2.24) is 9.80 Å². The van der Waals surface area contributed by atoms with Crippen molar-refractivity contribution >= 4 is 0 Å². The van der Waals surface area contributed by atoms with Crippen molar-refractivity contribution < 1.29 is 9.47 Å². The number of nitrogens with two attached hydrogens (primary N) is 1. The zero-order valence-corrected chi connectivity index (χ0v) is 12.9. The van der Waals surface area contributed by atoms with E-state index >= 15 is 0 Å². The van der Waals surface area contributed by atoms with Crippen LogP contribution in [-0.2, 0) is 0 Å². The van der Waals surface area contributed by atoms with E-state index in [9.17, 15) is 0 Å². The van der Waals surface area contributed by atoms with Gasteiger partial charge in [-0.15, -0.1) is 0 Å². The molecule has 2 unspecified atom stereocenters. The van der Waals surface area contributed by atoms with Crippen molar-refractivity contribution in [2.45, 2.75) is 24.9 Å². The average Bonchev–Trinajstić information content (AvgIpc) is 3.07. The molecule has 3 rings (SSSR count). The summed E-state index contributed by atoms with van der Waals surface area (Å²) in [4.78, 5) is 4.78. The zero-order valence-electron chi connectivity index (χ0n) is 12.9. The number of hydrogen-bond donors (Lipinski definition) is 1. The quantitative estimate of drug-likeness (QED) is 0.889. The Hall–Kier alpha value is -1.30. The van der Waals surface area contributed by atoms with Gasteiger partial charge in [0.1, 0.15) is 0 Å². The molecular weight excluding hydrogens is 266 g/mol. The Balaban J connectivity index is 1.56. The molecule has 1 fully saturated rings. The molecule has 2 aliphatic rings. The van der Waals surface area contributed by atoms with Crippen LogP contribution in [0.4, 0.5) is 0 Å². The first kappa shape index (κ1) is 14.6. The monoisotopic (exact) mass is 291 g/mol. The molecule has 2 heterocycles. The lowest BCUT2D eigenvalue weighted by molar-refractivity contribution is 0.174. The van der Waals surface area contributed by atoms with Gasteiger partial charge >= 0.3 is 0 Å². The van der Waals surface area contributed by atoms with Gasteiger partial charge in [0, 0.05) is 25.2 Å². The van der Waals surface area contributed by atoms with Crippen LogP contribution in [0.5, 0.6) is 11.5 Å². The van der Waals surface area contributed by atoms with Gasteiger partial charge in [-0.05, 0) is 51.2 Å². The zero-order chi connectivity index (χ0) is 14.8. The maximum absolute atomic E-state index is 6.35. The van der Waals surface area contributed by atoms with E-state index in [1.54, 1.807) is 0 Å². The average molecular weight is 291 g/mol. The fourth-order valence-corrected chi connectivity index (χ4v) is 3.23. The number of rotatable bonds is 5. The van der Waals surface area contributed by atoms with E-state index in [0.717, 1.165) is 30.2 Å². The molecule has 0 bridgehead atoms. The topological polar surface area (TPSA) is 51.0 Å². The standard InChI is InChI=1S/C16H25N3O2/c1-18(9-13-4-3-7-19(13)2)10-14(17)12-5-6-15-16(8-12)21-11-20-15/h5-6,8,13-14H,3-4,7,9-11,17H2,1-2H3. The number of hydrogen-bond acceptors (Lipinski definition) is 5. The minimum absolute atomic E-state index is 0.00351. The minimum Gasteiger partial charge on any atom is -0.454 e. The molecule has 2 aliphatic heterocycles. The highest BCUT2D eigenvalue weighted by Crippen LogP contribution is 2.33. The predicted molar refractivity (Wildman–Crippen MR) is 82.6 cm³/mol. The van der Waals surface area contributed by atoms with Crippen molar-refractivity contribution in [3.63, 3.8) is 0 Å². The van der Waals surface area contributed by atoms with Crippen LogP contribution >= 0.6 is 0 Å². The van der Waals surface area contributed by atoms with E-state index in [0.29, 0.717) is 12.8 Å². The predicted octanol–water partition coefficient (Wildman–Crippen LogP) is 1.44. The lowest BCUT2D eigenvalue weighted by Crippen LogP contribution is -2.39. The van der Waals surface area contributed by atoms with Gasteiger partial charge in [-0.2, -0.15) is 0 Å². The molecule has 116 valence electrons. The fraction of sp³-hybridized carbons (Fsp3) is 0.625. The van der Waals surface area contributed by atoms with Crippen LogP contribution in [0.3, 0.4) is 0 Å². The van der Waals surface area contributed by atoms with Crippen molar-refractivity contribution in [1.29, 1.82) is 0 Å². The summed E-state index contributed by atoms with van der Waals surface area (Å²) in [6, 6.07) is 6.65. The van der Waals surface area contributed by atoms with E-state index < -0.39 is 0 Å². The highest BCUT2D eigenvalue weighted by atomic mass is 16.7. The third-order valence-electron chi connectivity index (χ3n) is 4.53. The molecule has 0 radical (unpaired) electrons. The van der Waals surface area contributed by atoms with Crippen LogP contribution in [0.2, 0.25) is 0 Å². The van der Waals surface area contributed by atoms with Gasteiger partial charge in [0.05, 0.1) is 0 Å². The van der Waals surface area contributed by atoms with E-state index in [2.05, 4.69) is 23.9 Å². The molecule has 5 heteroatoms. The van der Waals surface area contributed by atoms with E-state index in [1.165, 1.54) is 19.4 Å². The molecule has 0 spiro atoms. The van der Waals surface area contributed by atoms with Crippen LogP contribution in [-0.4, -0.2) is 56.4 Å². The van der Waals surface area contributed by atoms with Crippen molar-refractivity contribution in [3.8, 4) is 11.5 Å². The molecule has 0 saturated carbocycles. The van der Waals surface area contributed by atoms with E-state index in [1.807, 2.05) is 18.2 Å². The highest BCUT2D eigenvalue weighted by Gasteiger charge is 2.23. The van der Waals surface area contributed by atoms with Crippen LogP contribution in [0.25, 0.3) is 0 Å². The molecule has 21 heavy (non-hydrogen) atoms. The van der Waals surface area contributed by atoms with Crippen LogP contribution < -0.4 is 15.2 Å². The SMILES string of the molecule is CN(CC(N)c1ccc2c(c1)OCO2)CC1CCCN1C. The Bertz CT molecular complexity index is 494. The summed E-state index contributed by atoms with van der Waals surface area (Å²) in [6.45, 7) is 3.45. The summed E-state index contributed by atoms with van der Waals surface area (Å²) in [5.41, 5.74) is 7.45. The first-order valence-corrected chi connectivity index (χ1v) is 7.67. The normalized spacial score (nSPS) is 23.0. The van der Waals surface area contributed by atoms with Crippen LogP contribution in [0, 0.1) is 0 Å². The lowest BCUT2D eigenvalue weighted by atomic mass is 10.1. The number of benzene rings is 1. The minimum atomic E-state index is -0.00351. The van der Waals surface area contributed by atoms with Gasteiger partial charge in [0.2, 0.25) is 6.79 Å². The third kappa shape index (κ3) is 3.31. The molecule has 0 aliphatic carbocycles. The number of likely N-dealkylation sites (tertiary alicyclic amines) is 1. The Morgan fingerprint density at radius 2 is 2.19 bits per heavy atom. The molecule has 0 amide bonds. The van der Waals surface area contributed by atoms with E-state index in [-0.39, 0.29) is 6.04 Å². The summed E-state index contributed by atoms with van der Waals surface area (Å²) < 4.78 is 10.8. The summed E-state index contributed by atoms with van der Waals surface area (Å²) >= 11 is 0. The summed E-state index contributed by atoms with van der Waals surface area (Å²) in [6.07, 6.45) is 2.60. The molecule has 1 aromatic carbocycles. The van der Waals surface area contributed by atoms with Crippen LogP contribution in [0.15, 0.2) is 18.2 Å². The van der Waals surface area contributed by atoms with Crippen molar-refractivity contribution in [2.75, 3.05) is 40.5 Å². The number of fused-ring (bicyclic) bond motifs is 1. The Morgan fingerprint density at radius 3 is 2.95 bits per heavy atom. The number of likely N-dealkylation sites (N-methyl/N-ethyl adjacent to an activating group) is 2. The first-order chi connectivity index (χ1) is 10.1. The van der Waals surface area contributed by atoms with Crippen molar-refractivity contribution in [3.05, 3.63) is 23.8 Å². The molecule has 2 atom stereocenters. The lowest BCUT2D eigenvalue weighted by Gasteiger charge is -2.27. The summed E-state index contributed by atoms with van der Waals surface area (Å²) in [5.74, 6) is 1.62. The Morgan fingerprint density at radius 1 is 1.38 bits per heavy atom. The maximum atomic E-state index is 6.35. The van der Waals surface area contributed by atoms with Gasteiger partial charge < -0.3 is 25.0 Å². The second-order valence-electron chi connectivity index (χ2n) is 6.22. The second kappa shape index (κ2) is 6.22. The van der Waals surface area contributed by atoms with E-state index in [4.69, 9.17) is 15.2 Å². The molecule has 5 nitrogen and oxygen atoms in total. The largest absolute Gasteiger partial charge is 0.454 e. The second-order valence-corrected chi connectivity index (χ2v) is 6.22. The molecule has 2 N–H and O–H groups in total. The maximum Gasteiger partial charge on any atom is 0.231 e. The van der Waals surface area contributed by atoms with Gasteiger partial charge in [-0.1, -0.05) is 6.07 Å². The smallest absolute Gasteiger partial charge is 0.231 e. The number of nitrogens with zero attached hydrogens (tertiary/aromatic N) is 2. The summed E-state index contributed by atoms with van der Waals surface area (Å²) in [5, 5.41) is 0. The Kier molecular flexibility index (Phi) is 4.33. The Labute approximate surface area is 126 Å². The molecule has 0 aromatic heterocycles. The first-order valence-electron chi connectivity index (χ1n) is 7.67. The fourth-order valence-electron chi connectivity index (χ4n) is 3.23. The molecular formula is C16H25N3O2.